The van der Waals surface area contributed by atoms with Crippen LogP contribution < -0.4 is 0 Å². The van der Waals surface area contributed by atoms with Gasteiger partial charge in [-0.05, 0) is 12.2 Å². The molecule has 0 spiro atoms. The first-order valence-electron chi connectivity index (χ1n) is 3.85. The van der Waals surface area contributed by atoms with Gasteiger partial charge in [-0.1, -0.05) is 5.16 Å². The molecule has 0 bridgehead atoms. The summed E-state index contributed by atoms with van der Waals surface area (Å²) < 4.78 is 7.24. The average Bonchev–Trinajstić information content (AvgIpc) is 2.72. The van der Waals surface area contributed by atoms with Crippen molar-refractivity contribution in [3.63, 3.8) is 0 Å². The predicted octanol–water partition coefficient (Wildman–Crippen LogP) is 1.17. The summed E-state index contributed by atoms with van der Waals surface area (Å²) in [6.45, 7) is 0.766. The minimum absolute atomic E-state index is 0.697. The lowest BCUT2D eigenvalue weighted by Crippen LogP contribution is -2.01. The third-order valence-electron chi connectivity index (χ3n) is 1.71. The van der Waals surface area contributed by atoms with Crippen LogP contribution in [-0.2, 0) is 13.0 Å². The maximum absolute atomic E-state index is 5.02. The maximum Gasteiger partial charge on any atom is 0.213 e. The molecule has 0 saturated heterocycles. The van der Waals surface area contributed by atoms with Crippen LogP contribution in [0.15, 0.2) is 23.3 Å². The van der Waals surface area contributed by atoms with Gasteiger partial charge >= 0.3 is 0 Å². The number of hydrogen-bond acceptors (Lipinski definition) is 4. The van der Waals surface area contributed by atoms with Crippen LogP contribution in [0, 0.1) is 4.77 Å². The molecule has 0 unspecified atom stereocenters. The molecule has 1 N–H and O–H groups in total. The highest BCUT2D eigenvalue weighted by atomic mass is 32.1. The smallest absolute Gasteiger partial charge is 0.213 e. The van der Waals surface area contributed by atoms with E-state index in [0.717, 1.165) is 13.0 Å². The Morgan fingerprint density at radius 1 is 1.62 bits per heavy atom. The van der Waals surface area contributed by atoms with Crippen molar-refractivity contribution in [1.29, 1.82) is 0 Å². The van der Waals surface area contributed by atoms with E-state index >= 15 is 0 Å². The van der Waals surface area contributed by atoms with Crippen LogP contribution in [0.2, 0.25) is 0 Å². The lowest BCUT2D eigenvalue weighted by atomic mass is 10.4. The average molecular weight is 196 g/mol. The molecule has 0 aliphatic heterocycles. The molecule has 5 nitrogen and oxygen atoms in total. The van der Waals surface area contributed by atoms with Gasteiger partial charge in [-0.2, -0.15) is 4.98 Å². The Morgan fingerprint density at radius 3 is 3.15 bits per heavy atom. The van der Waals surface area contributed by atoms with Gasteiger partial charge in [-0.25, -0.2) is 0 Å². The molecular weight excluding hydrogens is 188 g/mol. The second-order valence-corrected chi connectivity index (χ2v) is 2.94. The van der Waals surface area contributed by atoms with Crippen molar-refractivity contribution in [3.05, 3.63) is 29.4 Å². The van der Waals surface area contributed by atoms with E-state index in [0.29, 0.717) is 10.6 Å². The molecule has 2 rings (SSSR count). The van der Waals surface area contributed by atoms with Gasteiger partial charge in [-0.15, -0.1) is 0 Å². The van der Waals surface area contributed by atoms with E-state index in [1.165, 1.54) is 6.39 Å². The van der Waals surface area contributed by atoms with Gasteiger partial charge < -0.3 is 14.1 Å². The van der Waals surface area contributed by atoms with E-state index < -0.39 is 0 Å². The Labute approximate surface area is 79.4 Å². The second-order valence-electron chi connectivity index (χ2n) is 2.56. The minimum atomic E-state index is 0.697. The van der Waals surface area contributed by atoms with Crippen molar-refractivity contribution < 1.29 is 4.52 Å². The number of aromatic amines is 1. The zero-order chi connectivity index (χ0) is 9.10. The first kappa shape index (κ1) is 8.18. The van der Waals surface area contributed by atoms with Gasteiger partial charge in [0.1, 0.15) is 0 Å². The van der Waals surface area contributed by atoms with E-state index in [-0.39, 0.29) is 0 Å². The summed E-state index contributed by atoms with van der Waals surface area (Å²) in [5.74, 6) is 0.697. The highest BCUT2D eigenvalue weighted by molar-refractivity contribution is 7.71. The fourth-order valence-electron chi connectivity index (χ4n) is 1.05. The molecule has 0 saturated carbocycles. The first-order chi connectivity index (χ1) is 6.36. The Balaban J connectivity index is 2.01. The summed E-state index contributed by atoms with van der Waals surface area (Å²) in [5.41, 5.74) is 0. The van der Waals surface area contributed by atoms with Gasteiger partial charge in [0.2, 0.25) is 6.39 Å². The van der Waals surface area contributed by atoms with Crippen LogP contribution in [0.3, 0.4) is 0 Å². The number of imidazole rings is 1. The number of rotatable bonds is 3. The topological polar surface area (TPSA) is 59.6 Å². The number of aromatic nitrogens is 4. The van der Waals surface area contributed by atoms with Crippen molar-refractivity contribution in [3.8, 4) is 0 Å². The molecule has 13 heavy (non-hydrogen) atoms. The Kier molecular flexibility index (Phi) is 2.22. The molecule has 2 heterocycles. The number of hydrogen-bond donors (Lipinski definition) is 1. The molecule has 0 aromatic carbocycles. The van der Waals surface area contributed by atoms with Crippen LogP contribution in [-0.4, -0.2) is 19.7 Å². The van der Waals surface area contributed by atoms with E-state index in [4.69, 9.17) is 12.2 Å². The molecule has 0 radical (unpaired) electrons. The van der Waals surface area contributed by atoms with Gasteiger partial charge in [0, 0.05) is 25.4 Å². The molecule has 0 amide bonds. The number of nitrogens with one attached hydrogen (secondary N) is 1. The van der Waals surface area contributed by atoms with Crippen molar-refractivity contribution in [2.24, 2.45) is 0 Å². The lowest BCUT2D eigenvalue weighted by Gasteiger charge is -1.97. The standard InChI is InChI=1S/C7H8N4OS/c13-7-8-2-4-11(7)3-1-6-9-5-12-10-6/h2,4-5H,1,3H2,(H,8,13). The summed E-state index contributed by atoms with van der Waals surface area (Å²) in [6.07, 6.45) is 5.75. The fourth-order valence-corrected chi connectivity index (χ4v) is 1.27. The molecule has 68 valence electrons. The Morgan fingerprint density at radius 2 is 2.54 bits per heavy atom. The molecule has 0 aliphatic rings. The van der Waals surface area contributed by atoms with Crippen molar-refractivity contribution >= 4 is 12.2 Å². The molecule has 0 aliphatic carbocycles. The summed E-state index contributed by atoms with van der Waals surface area (Å²) >= 11 is 5.02. The van der Waals surface area contributed by atoms with Crippen LogP contribution >= 0.6 is 12.2 Å². The molecule has 0 fully saturated rings. The first-order valence-corrected chi connectivity index (χ1v) is 4.26. The number of H-pyrrole nitrogens is 1. The Hall–Kier alpha value is -1.43. The summed E-state index contributed by atoms with van der Waals surface area (Å²) in [5, 5.41) is 3.70. The molecule has 2 aromatic rings. The summed E-state index contributed by atoms with van der Waals surface area (Å²) in [6, 6.07) is 0. The largest absolute Gasteiger partial charge is 0.343 e. The zero-order valence-corrected chi connectivity index (χ0v) is 7.62. The van der Waals surface area contributed by atoms with Crippen molar-refractivity contribution in [2.75, 3.05) is 0 Å². The second kappa shape index (κ2) is 3.53. The molecular formula is C7H8N4OS. The highest BCUT2D eigenvalue weighted by Crippen LogP contribution is 1.96. The van der Waals surface area contributed by atoms with Crippen LogP contribution in [0.5, 0.6) is 0 Å². The van der Waals surface area contributed by atoms with Gasteiger partial charge in [0.15, 0.2) is 10.6 Å². The van der Waals surface area contributed by atoms with E-state index in [9.17, 15) is 0 Å². The minimum Gasteiger partial charge on any atom is -0.343 e. The Bertz CT molecular complexity index is 416. The number of aryl methyl sites for hydroxylation is 2. The van der Waals surface area contributed by atoms with Gasteiger partial charge in [0.05, 0.1) is 0 Å². The third kappa shape index (κ3) is 1.83. The third-order valence-corrected chi connectivity index (χ3v) is 2.06. The normalized spacial score (nSPS) is 10.5. The molecule has 6 heteroatoms. The highest BCUT2D eigenvalue weighted by Gasteiger charge is 1.99. The summed E-state index contributed by atoms with van der Waals surface area (Å²) in [7, 11) is 0. The van der Waals surface area contributed by atoms with Crippen LogP contribution in [0.1, 0.15) is 5.82 Å². The predicted molar refractivity (Wildman–Crippen MR) is 47.6 cm³/mol. The van der Waals surface area contributed by atoms with Crippen molar-refractivity contribution in [1.82, 2.24) is 19.7 Å². The van der Waals surface area contributed by atoms with E-state index in [2.05, 4.69) is 19.6 Å². The SMILES string of the molecule is S=c1[nH]ccn1CCc1ncon1. The maximum atomic E-state index is 5.02. The van der Waals surface area contributed by atoms with Crippen LogP contribution in [0.4, 0.5) is 0 Å². The monoisotopic (exact) mass is 196 g/mol. The van der Waals surface area contributed by atoms with Gasteiger partial charge in [0.25, 0.3) is 0 Å². The van der Waals surface area contributed by atoms with E-state index in [1.54, 1.807) is 6.20 Å². The lowest BCUT2D eigenvalue weighted by molar-refractivity contribution is 0.408. The number of nitrogens with zero attached hydrogens (tertiary/aromatic N) is 3. The fraction of sp³-hybridized carbons (Fsp3) is 0.286. The van der Waals surface area contributed by atoms with Crippen molar-refractivity contribution in [2.45, 2.75) is 13.0 Å². The zero-order valence-electron chi connectivity index (χ0n) is 6.80. The molecule has 0 atom stereocenters. The summed E-state index contributed by atoms with van der Waals surface area (Å²) in [4.78, 5) is 6.82. The van der Waals surface area contributed by atoms with Gasteiger partial charge in [-0.3, -0.25) is 0 Å². The molecule has 2 aromatic heterocycles. The van der Waals surface area contributed by atoms with Crippen LogP contribution in [0.25, 0.3) is 0 Å². The van der Waals surface area contributed by atoms with E-state index in [1.807, 2.05) is 10.8 Å². The quantitative estimate of drug-likeness (QED) is 0.748.